The predicted molar refractivity (Wildman–Crippen MR) is 47.4 cm³/mol. The summed E-state index contributed by atoms with van der Waals surface area (Å²) in [4.78, 5) is 8.91. The second kappa shape index (κ2) is 3.53. The highest BCUT2D eigenvalue weighted by Gasteiger charge is 2.16. The summed E-state index contributed by atoms with van der Waals surface area (Å²) in [5.41, 5.74) is 2.75. The van der Waals surface area contributed by atoms with Gasteiger partial charge in [-0.2, -0.15) is 0 Å². The maximum absolute atomic E-state index is 5.29. The first-order valence-electron chi connectivity index (χ1n) is 4.04. The predicted octanol–water partition coefficient (Wildman–Crippen LogP) is 0.962. The zero-order valence-electron chi connectivity index (χ0n) is 7.36. The van der Waals surface area contributed by atoms with Crippen molar-refractivity contribution in [1.29, 1.82) is 0 Å². The molecule has 0 aliphatic carbocycles. The van der Waals surface area contributed by atoms with Gasteiger partial charge in [0.05, 0.1) is 18.9 Å². The minimum absolute atomic E-state index is 0.493. The maximum Gasteiger partial charge on any atom is 0.115 e. The molecule has 0 spiro atoms. The van der Waals surface area contributed by atoms with Crippen LogP contribution in [-0.4, -0.2) is 24.4 Å². The van der Waals surface area contributed by atoms with Crippen molar-refractivity contribution in [3.63, 3.8) is 0 Å². The second-order valence-corrected chi connectivity index (χ2v) is 2.71. The highest BCUT2D eigenvalue weighted by atomic mass is 16.6. The molecule has 0 aromatic carbocycles. The number of oxime groups is 1. The lowest BCUT2D eigenvalue weighted by atomic mass is 10.1. The van der Waals surface area contributed by atoms with E-state index in [-0.39, 0.29) is 0 Å². The van der Waals surface area contributed by atoms with Gasteiger partial charge in [0.15, 0.2) is 0 Å². The molecule has 0 saturated carbocycles. The number of ether oxygens (including phenoxy) is 1. The number of aromatic nitrogens is 1. The summed E-state index contributed by atoms with van der Waals surface area (Å²) in [6.45, 7) is 1.05. The molecule has 13 heavy (non-hydrogen) atoms. The molecule has 0 amide bonds. The van der Waals surface area contributed by atoms with Crippen LogP contribution in [0.2, 0.25) is 0 Å². The van der Waals surface area contributed by atoms with Gasteiger partial charge in [0.25, 0.3) is 0 Å². The van der Waals surface area contributed by atoms with Gasteiger partial charge in [-0.25, -0.2) is 0 Å². The van der Waals surface area contributed by atoms with Gasteiger partial charge in [0, 0.05) is 11.8 Å². The fourth-order valence-electron chi connectivity index (χ4n) is 1.32. The van der Waals surface area contributed by atoms with Gasteiger partial charge < -0.3 is 9.57 Å². The third-order valence-corrected chi connectivity index (χ3v) is 1.88. The summed E-state index contributed by atoms with van der Waals surface area (Å²) >= 11 is 0. The van der Waals surface area contributed by atoms with Crippen molar-refractivity contribution in [2.45, 2.75) is 6.61 Å². The Bertz CT molecular complexity index is 336. The normalized spacial score (nSPS) is 18.4. The van der Waals surface area contributed by atoms with Crippen LogP contribution < -0.4 is 0 Å². The number of rotatable bonds is 1. The lowest BCUT2D eigenvalue weighted by Crippen LogP contribution is -2.20. The molecular weight excluding hydrogens is 168 g/mol. The Morgan fingerprint density at radius 2 is 2.46 bits per heavy atom. The third kappa shape index (κ3) is 1.53. The van der Waals surface area contributed by atoms with Crippen molar-refractivity contribution < 1.29 is 9.57 Å². The molecule has 0 atom stereocenters. The topological polar surface area (TPSA) is 43.7 Å². The summed E-state index contributed by atoms with van der Waals surface area (Å²) in [6, 6.07) is 3.86. The summed E-state index contributed by atoms with van der Waals surface area (Å²) < 4.78 is 5.29. The SMILES string of the molecule is CO/N=C1/COCc2ncccc21. The van der Waals surface area contributed by atoms with E-state index in [0.717, 1.165) is 17.0 Å². The standard InChI is InChI=1S/C9H10N2O2/c1-12-11-9-6-13-5-8-7(9)3-2-4-10-8/h2-4H,5-6H2,1H3/b11-9-. The summed E-state index contributed by atoms with van der Waals surface area (Å²) in [7, 11) is 1.53. The first-order chi connectivity index (χ1) is 6.42. The van der Waals surface area contributed by atoms with Crippen molar-refractivity contribution in [2.75, 3.05) is 13.7 Å². The van der Waals surface area contributed by atoms with E-state index in [4.69, 9.17) is 9.57 Å². The lowest BCUT2D eigenvalue weighted by molar-refractivity contribution is 0.141. The van der Waals surface area contributed by atoms with E-state index in [1.165, 1.54) is 7.11 Å². The zero-order valence-corrected chi connectivity index (χ0v) is 7.36. The van der Waals surface area contributed by atoms with Crippen molar-refractivity contribution >= 4 is 5.71 Å². The van der Waals surface area contributed by atoms with Crippen LogP contribution in [0.15, 0.2) is 23.5 Å². The first kappa shape index (κ1) is 8.19. The van der Waals surface area contributed by atoms with Crippen LogP contribution in [-0.2, 0) is 16.2 Å². The Balaban J connectivity index is 2.42. The summed E-state index contributed by atoms with van der Waals surface area (Å²) in [5.74, 6) is 0. The molecule has 0 unspecified atom stereocenters. The van der Waals surface area contributed by atoms with Gasteiger partial charge in [-0.05, 0) is 12.1 Å². The maximum atomic E-state index is 5.29. The van der Waals surface area contributed by atoms with Crippen LogP contribution in [0, 0.1) is 0 Å². The molecule has 0 bridgehead atoms. The van der Waals surface area contributed by atoms with Crippen molar-refractivity contribution in [3.8, 4) is 0 Å². The molecule has 1 aliphatic heterocycles. The van der Waals surface area contributed by atoms with Crippen LogP contribution in [0.4, 0.5) is 0 Å². The summed E-state index contributed by atoms with van der Waals surface area (Å²) in [5, 5.41) is 3.88. The average Bonchev–Trinajstić information content (AvgIpc) is 2.19. The van der Waals surface area contributed by atoms with Gasteiger partial charge in [-0.3, -0.25) is 4.98 Å². The summed E-state index contributed by atoms with van der Waals surface area (Å²) in [6.07, 6.45) is 1.75. The number of nitrogens with zero attached hydrogens (tertiary/aromatic N) is 2. The molecule has 68 valence electrons. The molecule has 2 rings (SSSR count). The Labute approximate surface area is 76.2 Å². The second-order valence-electron chi connectivity index (χ2n) is 2.71. The van der Waals surface area contributed by atoms with Gasteiger partial charge >= 0.3 is 0 Å². The van der Waals surface area contributed by atoms with E-state index in [1.54, 1.807) is 6.20 Å². The Kier molecular flexibility index (Phi) is 2.23. The van der Waals surface area contributed by atoms with Crippen LogP contribution in [0.5, 0.6) is 0 Å². The Morgan fingerprint density at radius 1 is 1.54 bits per heavy atom. The van der Waals surface area contributed by atoms with E-state index in [0.29, 0.717) is 13.2 Å². The molecular formula is C9H10N2O2. The van der Waals surface area contributed by atoms with Gasteiger partial charge in [0.1, 0.15) is 12.8 Å². The van der Waals surface area contributed by atoms with Crippen molar-refractivity contribution in [2.24, 2.45) is 5.16 Å². The smallest absolute Gasteiger partial charge is 0.115 e. The average molecular weight is 178 g/mol. The van der Waals surface area contributed by atoms with Crippen LogP contribution in [0.25, 0.3) is 0 Å². The van der Waals surface area contributed by atoms with E-state index in [1.807, 2.05) is 12.1 Å². The highest BCUT2D eigenvalue weighted by molar-refractivity contribution is 6.02. The number of fused-ring (bicyclic) bond motifs is 1. The van der Waals surface area contributed by atoms with E-state index >= 15 is 0 Å². The van der Waals surface area contributed by atoms with Crippen LogP contribution >= 0.6 is 0 Å². The molecule has 4 nitrogen and oxygen atoms in total. The lowest BCUT2D eigenvalue weighted by Gasteiger charge is -2.15. The minimum Gasteiger partial charge on any atom is -0.399 e. The largest absolute Gasteiger partial charge is 0.399 e. The van der Waals surface area contributed by atoms with Gasteiger partial charge in [-0.15, -0.1) is 0 Å². The number of pyridine rings is 1. The molecule has 2 heterocycles. The Hall–Kier alpha value is -1.42. The molecule has 0 fully saturated rings. The van der Waals surface area contributed by atoms with Crippen LogP contribution in [0.3, 0.4) is 0 Å². The fourth-order valence-corrected chi connectivity index (χ4v) is 1.32. The highest BCUT2D eigenvalue weighted by Crippen LogP contribution is 2.14. The molecule has 0 saturated heterocycles. The zero-order chi connectivity index (χ0) is 9.10. The third-order valence-electron chi connectivity index (χ3n) is 1.88. The molecule has 1 aromatic rings. The van der Waals surface area contributed by atoms with E-state index in [9.17, 15) is 0 Å². The molecule has 0 N–H and O–H groups in total. The van der Waals surface area contributed by atoms with Crippen molar-refractivity contribution in [1.82, 2.24) is 4.98 Å². The quantitative estimate of drug-likeness (QED) is 0.601. The van der Waals surface area contributed by atoms with E-state index < -0.39 is 0 Å². The van der Waals surface area contributed by atoms with E-state index in [2.05, 4.69) is 10.1 Å². The fraction of sp³-hybridized carbons (Fsp3) is 0.333. The monoisotopic (exact) mass is 178 g/mol. The molecule has 1 aromatic heterocycles. The van der Waals surface area contributed by atoms with Gasteiger partial charge in [-0.1, -0.05) is 5.16 Å². The Morgan fingerprint density at radius 3 is 3.31 bits per heavy atom. The molecule has 0 radical (unpaired) electrons. The first-order valence-corrected chi connectivity index (χ1v) is 4.04. The number of hydrogen-bond donors (Lipinski definition) is 0. The van der Waals surface area contributed by atoms with Crippen molar-refractivity contribution in [3.05, 3.63) is 29.6 Å². The van der Waals surface area contributed by atoms with Crippen LogP contribution in [0.1, 0.15) is 11.3 Å². The minimum atomic E-state index is 0.493. The molecule has 1 aliphatic rings. The number of hydrogen-bond acceptors (Lipinski definition) is 4. The van der Waals surface area contributed by atoms with Gasteiger partial charge in [0.2, 0.25) is 0 Å². The molecule has 4 heteroatoms.